The number of carbonyl (C=O) groups is 1. The summed E-state index contributed by atoms with van der Waals surface area (Å²) in [6.45, 7) is 0. The predicted molar refractivity (Wildman–Crippen MR) is 80.2 cm³/mol. The molecule has 2 nitrogen and oxygen atoms in total. The highest BCUT2D eigenvalue weighted by Crippen LogP contribution is 2.44. The summed E-state index contributed by atoms with van der Waals surface area (Å²) in [5, 5.41) is 1.01. The fourth-order valence-corrected chi connectivity index (χ4v) is 3.04. The molecule has 1 unspecified atom stereocenters. The molecule has 4 heteroatoms. The van der Waals surface area contributed by atoms with Gasteiger partial charge in [0.15, 0.2) is 5.78 Å². The van der Waals surface area contributed by atoms with E-state index in [1.165, 1.54) is 0 Å². The Morgan fingerprint density at radius 1 is 1.15 bits per heavy atom. The first-order valence-electron chi connectivity index (χ1n) is 6.27. The highest BCUT2D eigenvalue weighted by molar-refractivity contribution is 6.42. The summed E-state index contributed by atoms with van der Waals surface area (Å²) in [5.41, 5.74) is 2.66. The lowest BCUT2D eigenvalue weighted by atomic mass is 9.92. The molecule has 1 atom stereocenters. The zero-order chi connectivity index (χ0) is 14.3. The van der Waals surface area contributed by atoms with E-state index in [1.54, 1.807) is 13.2 Å². The second-order valence-corrected chi connectivity index (χ2v) is 5.59. The lowest BCUT2D eigenvalue weighted by Gasteiger charge is -2.15. The number of Topliss-reactive ketones (excluding diaryl/α,β-unsaturated/α-hetero) is 1. The summed E-state index contributed by atoms with van der Waals surface area (Å²) in [7, 11) is 1.62. The summed E-state index contributed by atoms with van der Waals surface area (Å²) in [6, 6.07) is 11.1. The van der Waals surface area contributed by atoms with Crippen LogP contribution in [0.5, 0.6) is 5.75 Å². The maximum atomic E-state index is 12.2. The van der Waals surface area contributed by atoms with Gasteiger partial charge in [0.05, 0.1) is 17.2 Å². The van der Waals surface area contributed by atoms with Crippen molar-refractivity contribution >= 4 is 29.0 Å². The first kappa shape index (κ1) is 13.5. The number of hydrogen-bond acceptors (Lipinski definition) is 2. The number of ether oxygens (including phenoxy) is 1. The van der Waals surface area contributed by atoms with E-state index in [9.17, 15) is 4.79 Å². The molecule has 0 saturated heterocycles. The lowest BCUT2D eigenvalue weighted by molar-refractivity contribution is 0.0991. The zero-order valence-corrected chi connectivity index (χ0v) is 12.3. The number of carbonyl (C=O) groups excluding carboxylic acids is 1. The van der Waals surface area contributed by atoms with E-state index in [2.05, 4.69) is 0 Å². The molecule has 20 heavy (non-hydrogen) atoms. The van der Waals surface area contributed by atoms with Crippen LogP contribution in [0.15, 0.2) is 36.4 Å². The molecule has 0 radical (unpaired) electrons. The molecule has 1 aliphatic rings. The minimum atomic E-state index is -0.0246. The Bertz CT molecular complexity index is 695. The topological polar surface area (TPSA) is 26.3 Å². The summed E-state index contributed by atoms with van der Waals surface area (Å²) in [4.78, 5) is 12.2. The number of ketones is 1. The first-order valence-corrected chi connectivity index (χ1v) is 7.02. The van der Waals surface area contributed by atoms with Crippen LogP contribution in [-0.4, -0.2) is 12.9 Å². The molecule has 0 aliphatic heterocycles. The predicted octanol–water partition coefficient (Wildman–Crippen LogP) is 4.72. The van der Waals surface area contributed by atoms with Crippen molar-refractivity contribution in [1.29, 1.82) is 0 Å². The fourth-order valence-electron chi connectivity index (χ4n) is 2.74. The van der Waals surface area contributed by atoms with E-state index in [4.69, 9.17) is 27.9 Å². The maximum Gasteiger partial charge on any atom is 0.164 e. The molecule has 102 valence electrons. The Balaban J connectivity index is 2.14. The van der Waals surface area contributed by atoms with Crippen LogP contribution in [0.4, 0.5) is 0 Å². The van der Waals surface area contributed by atoms with Gasteiger partial charge in [-0.05, 0) is 23.8 Å². The molecule has 1 aliphatic carbocycles. The van der Waals surface area contributed by atoms with Crippen LogP contribution in [0.1, 0.15) is 33.8 Å². The van der Waals surface area contributed by atoms with Crippen LogP contribution in [0.25, 0.3) is 0 Å². The van der Waals surface area contributed by atoms with Gasteiger partial charge < -0.3 is 4.74 Å². The molecule has 0 bridgehead atoms. The number of hydrogen-bond donors (Lipinski definition) is 0. The number of halogens is 2. The second-order valence-electron chi connectivity index (χ2n) is 4.77. The Labute approximate surface area is 127 Å². The van der Waals surface area contributed by atoms with Crippen molar-refractivity contribution in [3.8, 4) is 5.75 Å². The quantitative estimate of drug-likeness (QED) is 0.802. The van der Waals surface area contributed by atoms with Gasteiger partial charge >= 0.3 is 0 Å². The highest BCUT2D eigenvalue weighted by atomic mass is 35.5. The lowest BCUT2D eigenvalue weighted by Crippen LogP contribution is -1.99. The molecule has 0 saturated carbocycles. The molecule has 0 aromatic heterocycles. The summed E-state index contributed by atoms with van der Waals surface area (Å²) in [5.74, 6) is 0.850. The van der Waals surface area contributed by atoms with Crippen molar-refractivity contribution in [2.75, 3.05) is 7.11 Å². The van der Waals surface area contributed by atoms with E-state index >= 15 is 0 Å². The maximum absolute atomic E-state index is 12.2. The van der Waals surface area contributed by atoms with Crippen molar-refractivity contribution in [1.82, 2.24) is 0 Å². The Hall–Kier alpha value is -1.51. The van der Waals surface area contributed by atoms with Crippen LogP contribution in [0.2, 0.25) is 10.0 Å². The molecule has 2 aromatic rings. The van der Waals surface area contributed by atoms with E-state index in [-0.39, 0.29) is 11.7 Å². The van der Waals surface area contributed by atoms with Crippen molar-refractivity contribution in [2.24, 2.45) is 0 Å². The third-order valence-electron chi connectivity index (χ3n) is 3.67. The normalized spacial score (nSPS) is 17.1. The third kappa shape index (κ3) is 2.09. The average Bonchev–Trinajstić information content (AvgIpc) is 2.79. The number of methoxy groups -OCH3 is 1. The second kappa shape index (κ2) is 5.12. The summed E-state index contributed by atoms with van der Waals surface area (Å²) in [6.07, 6.45) is 0.438. The van der Waals surface area contributed by atoms with Crippen molar-refractivity contribution in [3.63, 3.8) is 0 Å². The van der Waals surface area contributed by atoms with Gasteiger partial charge in [0.1, 0.15) is 5.75 Å². The van der Waals surface area contributed by atoms with Gasteiger partial charge in [-0.3, -0.25) is 4.79 Å². The van der Waals surface area contributed by atoms with Crippen LogP contribution in [-0.2, 0) is 0 Å². The van der Waals surface area contributed by atoms with Crippen LogP contribution in [0, 0.1) is 0 Å². The Morgan fingerprint density at radius 3 is 2.65 bits per heavy atom. The van der Waals surface area contributed by atoms with Crippen molar-refractivity contribution in [3.05, 3.63) is 63.1 Å². The van der Waals surface area contributed by atoms with Gasteiger partial charge in [0.25, 0.3) is 0 Å². The summed E-state index contributed by atoms with van der Waals surface area (Å²) >= 11 is 12.0. The third-order valence-corrected chi connectivity index (χ3v) is 4.41. The van der Waals surface area contributed by atoms with Crippen molar-refractivity contribution in [2.45, 2.75) is 12.3 Å². The SMILES string of the molecule is COc1cccc2c1C(c1ccc(Cl)c(Cl)c1)CC2=O. The van der Waals surface area contributed by atoms with E-state index < -0.39 is 0 Å². The fraction of sp³-hybridized carbons (Fsp3) is 0.188. The van der Waals surface area contributed by atoms with Gasteiger partial charge in [-0.1, -0.05) is 41.4 Å². The molecular formula is C16H12Cl2O2. The molecule has 0 heterocycles. The Morgan fingerprint density at radius 2 is 1.95 bits per heavy atom. The van der Waals surface area contributed by atoms with Gasteiger partial charge in [-0.25, -0.2) is 0 Å². The zero-order valence-electron chi connectivity index (χ0n) is 10.8. The number of benzene rings is 2. The van der Waals surface area contributed by atoms with Crippen LogP contribution in [0.3, 0.4) is 0 Å². The molecule has 0 fully saturated rings. The first-order chi connectivity index (χ1) is 9.61. The van der Waals surface area contributed by atoms with E-state index in [0.717, 1.165) is 22.4 Å². The number of fused-ring (bicyclic) bond motifs is 1. The van der Waals surface area contributed by atoms with Crippen LogP contribution < -0.4 is 4.74 Å². The van der Waals surface area contributed by atoms with Gasteiger partial charge in [0.2, 0.25) is 0 Å². The molecule has 0 amide bonds. The number of rotatable bonds is 2. The van der Waals surface area contributed by atoms with E-state index in [0.29, 0.717) is 16.5 Å². The smallest absolute Gasteiger partial charge is 0.164 e. The highest BCUT2D eigenvalue weighted by Gasteiger charge is 2.33. The Kier molecular flexibility index (Phi) is 3.45. The largest absolute Gasteiger partial charge is 0.496 e. The van der Waals surface area contributed by atoms with E-state index in [1.807, 2.05) is 30.3 Å². The van der Waals surface area contributed by atoms with Crippen molar-refractivity contribution < 1.29 is 9.53 Å². The van der Waals surface area contributed by atoms with Gasteiger partial charge in [-0.15, -0.1) is 0 Å². The molecule has 0 spiro atoms. The van der Waals surface area contributed by atoms with Gasteiger partial charge in [-0.2, -0.15) is 0 Å². The standard InChI is InChI=1S/C16H12Cl2O2/c1-20-15-4-2-3-10-14(19)8-11(16(10)15)9-5-6-12(17)13(18)7-9/h2-7,11H,8H2,1H3. The average molecular weight is 307 g/mol. The van der Waals surface area contributed by atoms with Gasteiger partial charge in [0, 0.05) is 23.5 Å². The minimum Gasteiger partial charge on any atom is -0.496 e. The molecule has 2 aromatic carbocycles. The minimum absolute atomic E-state index is 0.0246. The molecule has 0 N–H and O–H groups in total. The molecule has 3 rings (SSSR count). The van der Waals surface area contributed by atoms with Crippen LogP contribution >= 0.6 is 23.2 Å². The summed E-state index contributed by atoms with van der Waals surface area (Å²) < 4.78 is 5.40. The monoisotopic (exact) mass is 306 g/mol. The molecular weight excluding hydrogens is 295 g/mol.